The van der Waals surface area contributed by atoms with E-state index >= 15 is 0 Å². The van der Waals surface area contributed by atoms with Crippen molar-refractivity contribution < 1.29 is 4.21 Å². The van der Waals surface area contributed by atoms with Crippen LogP contribution < -0.4 is 5.32 Å². The zero-order valence-electron chi connectivity index (χ0n) is 8.71. The van der Waals surface area contributed by atoms with Crippen LogP contribution in [0.3, 0.4) is 0 Å². The zero-order chi connectivity index (χ0) is 9.68. The highest BCUT2D eigenvalue weighted by atomic mass is 32.2. The van der Waals surface area contributed by atoms with Gasteiger partial charge in [-0.15, -0.1) is 0 Å². The van der Waals surface area contributed by atoms with Gasteiger partial charge in [0.15, 0.2) is 0 Å². The Hall–Kier alpha value is 0.110. The molecule has 1 fully saturated rings. The van der Waals surface area contributed by atoms with Crippen molar-refractivity contribution in [1.82, 2.24) is 5.32 Å². The Morgan fingerprint density at radius 3 is 2.46 bits per heavy atom. The fraction of sp³-hybridized carbons (Fsp3) is 1.00. The van der Waals surface area contributed by atoms with Gasteiger partial charge in [0.25, 0.3) is 0 Å². The van der Waals surface area contributed by atoms with E-state index in [-0.39, 0.29) is 0 Å². The molecule has 0 spiro atoms. The molecular weight excluding hydrogens is 182 g/mol. The van der Waals surface area contributed by atoms with Crippen LogP contribution in [0.5, 0.6) is 0 Å². The monoisotopic (exact) mass is 203 g/mol. The first-order chi connectivity index (χ1) is 6.18. The van der Waals surface area contributed by atoms with E-state index in [1.54, 1.807) is 6.26 Å². The molecule has 1 atom stereocenters. The third kappa shape index (κ3) is 4.77. The van der Waals surface area contributed by atoms with Crippen LogP contribution in [-0.2, 0) is 10.8 Å². The fourth-order valence-electron chi connectivity index (χ4n) is 1.87. The van der Waals surface area contributed by atoms with E-state index in [1.807, 2.05) is 0 Å². The van der Waals surface area contributed by atoms with Crippen molar-refractivity contribution in [1.29, 1.82) is 0 Å². The molecule has 1 aliphatic rings. The molecule has 0 saturated heterocycles. The van der Waals surface area contributed by atoms with Crippen molar-refractivity contribution in [3.8, 4) is 0 Å². The molecule has 1 N–H and O–H groups in total. The van der Waals surface area contributed by atoms with Gasteiger partial charge in [0.05, 0.1) is 0 Å². The van der Waals surface area contributed by atoms with Gasteiger partial charge >= 0.3 is 0 Å². The normalized spacial score (nSPS) is 31.5. The second-order valence-corrected chi connectivity index (χ2v) is 5.74. The summed E-state index contributed by atoms with van der Waals surface area (Å²) >= 11 is 0. The van der Waals surface area contributed by atoms with Crippen LogP contribution in [0, 0.1) is 5.92 Å². The van der Waals surface area contributed by atoms with E-state index in [0.29, 0.717) is 6.04 Å². The highest BCUT2D eigenvalue weighted by molar-refractivity contribution is 7.84. The molecule has 1 aliphatic carbocycles. The molecule has 0 aromatic rings. The van der Waals surface area contributed by atoms with E-state index in [0.717, 1.165) is 18.2 Å². The van der Waals surface area contributed by atoms with Gasteiger partial charge in [-0.1, -0.05) is 6.92 Å². The molecule has 0 radical (unpaired) electrons. The van der Waals surface area contributed by atoms with Crippen LogP contribution in [0.15, 0.2) is 0 Å². The Balaban J connectivity index is 2.05. The van der Waals surface area contributed by atoms with Crippen LogP contribution >= 0.6 is 0 Å². The Morgan fingerprint density at radius 2 is 1.92 bits per heavy atom. The molecule has 3 heteroatoms. The summed E-state index contributed by atoms with van der Waals surface area (Å²) in [5.74, 6) is 1.71. The molecule has 0 amide bonds. The highest BCUT2D eigenvalue weighted by Gasteiger charge is 2.16. The molecule has 1 saturated carbocycles. The van der Waals surface area contributed by atoms with E-state index < -0.39 is 10.8 Å². The zero-order valence-corrected chi connectivity index (χ0v) is 9.53. The summed E-state index contributed by atoms with van der Waals surface area (Å²) in [6.45, 7) is 3.25. The fourth-order valence-corrected chi connectivity index (χ4v) is 2.28. The number of hydrogen-bond acceptors (Lipinski definition) is 2. The largest absolute Gasteiger partial charge is 0.313 e. The van der Waals surface area contributed by atoms with Gasteiger partial charge in [-0.2, -0.15) is 0 Å². The molecule has 0 aliphatic heterocycles. The minimum atomic E-state index is -0.639. The summed E-state index contributed by atoms with van der Waals surface area (Å²) in [5, 5.41) is 3.48. The average molecular weight is 203 g/mol. The molecule has 0 aromatic carbocycles. The second kappa shape index (κ2) is 5.76. The average Bonchev–Trinajstić information content (AvgIpc) is 2.08. The first-order valence-corrected chi connectivity index (χ1v) is 6.94. The van der Waals surface area contributed by atoms with Crippen molar-refractivity contribution in [2.24, 2.45) is 5.92 Å². The van der Waals surface area contributed by atoms with Gasteiger partial charge in [0, 0.05) is 35.4 Å². The predicted molar refractivity (Wildman–Crippen MR) is 58.4 cm³/mol. The van der Waals surface area contributed by atoms with Gasteiger partial charge in [-0.25, -0.2) is 0 Å². The standard InChI is InChI=1S/C10H21NOS/c1-9-3-5-10(6-4-9)11-7-8-13(2)12/h9-11H,3-8H2,1-2H3. The summed E-state index contributed by atoms with van der Waals surface area (Å²) < 4.78 is 10.8. The highest BCUT2D eigenvalue weighted by Crippen LogP contribution is 2.23. The molecular formula is C10H21NOS. The molecule has 13 heavy (non-hydrogen) atoms. The third-order valence-corrected chi connectivity index (χ3v) is 3.62. The van der Waals surface area contributed by atoms with Crippen molar-refractivity contribution in [2.75, 3.05) is 18.6 Å². The van der Waals surface area contributed by atoms with Gasteiger partial charge in [0.1, 0.15) is 0 Å². The lowest BCUT2D eigenvalue weighted by molar-refractivity contribution is 0.311. The van der Waals surface area contributed by atoms with Gasteiger partial charge in [0.2, 0.25) is 0 Å². The van der Waals surface area contributed by atoms with Crippen molar-refractivity contribution >= 4 is 10.8 Å². The maximum Gasteiger partial charge on any atom is 0.0357 e. The second-order valence-electron chi connectivity index (χ2n) is 4.19. The van der Waals surface area contributed by atoms with Crippen molar-refractivity contribution in [3.05, 3.63) is 0 Å². The van der Waals surface area contributed by atoms with E-state index in [4.69, 9.17) is 0 Å². The lowest BCUT2D eigenvalue weighted by Crippen LogP contribution is -2.35. The molecule has 78 valence electrons. The summed E-state index contributed by atoms with van der Waals surface area (Å²) in [7, 11) is -0.639. The Labute approximate surface area is 83.9 Å². The van der Waals surface area contributed by atoms with E-state index in [2.05, 4.69) is 12.2 Å². The Bertz CT molecular complexity index is 164. The first kappa shape index (κ1) is 11.2. The molecule has 0 bridgehead atoms. The Morgan fingerprint density at radius 1 is 1.31 bits per heavy atom. The van der Waals surface area contributed by atoms with Crippen LogP contribution in [0.2, 0.25) is 0 Å². The molecule has 2 nitrogen and oxygen atoms in total. The number of nitrogens with one attached hydrogen (secondary N) is 1. The molecule has 0 aromatic heterocycles. The summed E-state index contributed by atoms with van der Waals surface area (Å²) in [6.07, 6.45) is 7.08. The minimum absolute atomic E-state index is 0.639. The van der Waals surface area contributed by atoms with Crippen LogP contribution in [0.4, 0.5) is 0 Å². The summed E-state index contributed by atoms with van der Waals surface area (Å²) in [6, 6.07) is 0.694. The number of rotatable bonds is 4. The van der Waals surface area contributed by atoms with Crippen LogP contribution in [0.1, 0.15) is 32.6 Å². The van der Waals surface area contributed by atoms with Crippen LogP contribution in [0.25, 0.3) is 0 Å². The SMILES string of the molecule is CC1CCC(NCCS(C)=O)CC1. The van der Waals surface area contributed by atoms with Crippen molar-refractivity contribution in [3.63, 3.8) is 0 Å². The quantitative estimate of drug-likeness (QED) is 0.751. The van der Waals surface area contributed by atoms with Crippen LogP contribution in [-0.4, -0.2) is 28.8 Å². The van der Waals surface area contributed by atoms with E-state index in [9.17, 15) is 4.21 Å². The Kier molecular flexibility index (Phi) is 4.96. The maximum atomic E-state index is 10.8. The first-order valence-electron chi connectivity index (χ1n) is 5.22. The molecule has 1 rings (SSSR count). The third-order valence-electron chi connectivity index (χ3n) is 2.84. The molecule has 1 unspecified atom stereocenters. The molecule has 0 heterocycles. The minimum Gasteiger partial charge on any atom is -0.313 e. The van der Waals surface area contributed by atoms with E-state index in [1.165, 1.54) is 25.7 Å². The topological polar surface area (TPSA) is 29.1 Å². The maximum absolute atomic E-state index is 10.8. The number of hydrogen-bond donors (Lipinski definition) is 1. The van der Waals surface area contributed by atoms with Crippen molar-refractivity contribution in [2.45, 2.75) is 38.6 Å². The summed E-state index contributed by atoms with van der Waals surface area (Å²) in [5.41, 5.74) is 0. The van der Waals surface area contributed by atoms with Gasteiger partial charge in [-0.05, 0) is 31.6 Å². The lowest BCUT2D eigenvalue weighted by atomic mass is 9.87. The van der Waals surface area contributed by atoms with Gasteiger partial charge < -0.3 is 5.32 Å². The lowest BCUT2D eigenvalue weighted by Gasteiger charge is -2.26. The van der Waals surface area contributed by atoms with Gasteiger partial charge in [-0.3, -0.25) is 4.21 Å². The smallest absolute Gasteiger partial charge is 0.0357 e. The predicted octanol–water partition coefficient (Wildman–Crippen LogP) is 1.53. The summed E-state index contributed by atoms with van der Waals surface area (Å²) in [4.78, 5) is 0.